The molecular formula is C9H17NOS. The van der Waals surface area contributed by atoms with Crippen molar-refractivity contribution < 1.29 is 4.79 Å². The lowest BCUT2D eigenvalue weighted by atomic mass is 9.82. The Hall–Kier alpha value is -0.180. The fourth-order valence-corrected chi connectivity index (χ4v) is 1.58. The van der Waals surface area contributed by atoms with Crippen molar-refractivity contribution in [1.82, 2.24) is 5.32 Å². The number of rotatable bonds is 3. The topological polar surface area (TPSA) is 29.1 Å². The molecule has 1 aliphatic carbocycles. The number of amides is 1. The van der Waals surface area contributed by atoms with Crippen molar-refractivity contribution in [1.29, 1.82) is 0 Å². The molecular weight excluding hydrogens is 170 g/mol. The first-order chi connectivity index (χ1) is 5.63. The van der Waals surface area contributed by atoms with E-state index in [1.165, 1.54) is 0 Å². The molecule has 1 fully saturated rings. The van der Waals surface area contributed by atoms with Gasteiger partial charge in [0.15, 0.2) is 0 Å². The molecule has 1 aliphatic rings. The fourth-order valence-electron chi connectivity index (χ4n) is 1.50. The fraction of sp³-hybridized carbons (Fsp3) is 0.889. The third-order valence-electron chi connectivity index (χ3n) is 2.41. The molecule has 0 aliphatic heterocycles. The molecule has 1 N–H and O–H groups in total. The minimum atomic E-state index is -0.124. The van der Waals surface area contributed by atoms with Gasteiger partial charge in [0.05, 0.1) is 5.25 Å². The van der Waals surface area contributed by atoms with E-state index in [2.05, 4.69) is 24.9 Å². The zero-order valence-electron chi connectivity index (χ0n) is 7.71. The third kappa shape index (κ3) is 2.41. The van der Waals surface area contributed by atoms with Crippen molar-refractivity contribution in [3.05, 3.63) is 0 Å². The highest BCUT2D eigenvalue weighted by Crippen LogP contribution is 2.26. The van der Waals surface area contributed by atoms with Crippen LogP contribution in [0.5, 0.6) is 0 Å². The van der Waals surface area contributed by atoms with Gasteiger partial charge in [0.25, 0.3) is 0 Å². The summed E-state index contributed by atoms with van der Waals surface area (Å²) in [6.07, 6.45) is 3.07. The van der Waals surface area contributed by atoms with Crippen LogP contribution in [0, 0.1) is 5.92 Å². The highest BCUT2D eigenvalue weighted by Gasteiger charge is 2.27. The SMILES string of the molecule is CCC(S)C(=O)NC1CC(C)C1. The second-order valence-electron chi connectivity index (χ2n) is 3.71. The second kappa shape index (κ2) is 4.17. The predicted octanol–water partition coefficient (Wildman–Crippen LogP) is 1.61. The van der Waals surface area contributed by atoms with E-state index in [1.807, 2.05) is 6.92 Å². The van der Waals surface area contributed by atoms with E-state index in [0.29, 0.717) is 6.04 Å². The smallest absolute Gasteiger partial charge is 0.233 e. The van der Waals surface area contributed by atoms with Gasteiger partial charge < -0.3 is 5.32 Å². The molecule has 2 nitrogen and oxygen atoms in total. The molecule has 1 rings (SSSR count). The van der Waals surface area contributed by atoms with Crippen LogP contribution in [0.3, 0.4) is 0 Å². The van der Waals surface area contributed by atoms with Gasteiger partial charge in [-0.1, -0.05) is 13.8 Å². The normalized spacial score (nSPS) is 30.6. The largest absolute Gasteiger partial charge is 0.352 e. The molecule has 0 spiro atoms. The Morgan fingerprint density at radius 1 is 1.67 bits per heavy atom. The summed E-state index contributed by atoms with van der Waals surface area (Å²) in [5.74, 6) is 0.882. The molecule has 0 heterocycles. The van der Waals surface area contributed by atoms with Gasteiger partial charge in [-0.15, -0.1) is 0 Å². The summed E-state index contributed by atoms with van der Waals surface area (Å²) in [6, 6.07) is 0.425. The number of carbonyl (C=O) groups excluding carboxylic acids is 1. The molecule has 1 atom stereocenters. The minimum Gasteiger partial charge on any atom is -0.352 e. The van der Waals surface area contributed by atoms with Crippen LogP contribution in [0.4, 0.5) is 0 Å². The Bertz CT molecular complexity index is 166. The highest BCUT2D eigenvalue weighted by molar-refractivity contribution is 7.81. The molecule has 1 amide bonds. The van der Waals surface area contributed by atoms with Gasteiger partial charge in [0.1, 0.15) is 0 Å². The monoisotopic (exact) mass is 187 g/mol. The first-order valence-corrected chi connectivity index (χ1v) is 5.13. The Balaban J connectivity index is 2.18. The molecule has 0 aromatic heterocycles. The van der Waals surface area contributed by atoms with E-state index in [1.54, 1.807) is 0 Å². The van der Waals surface area contributed by atoms with Crippen LogP contribution < -0.4 is 5.32 Å². The zero-order chi connectivity index (χ0) is 9.14. The minimum absolute atomic E-state index is 0.0951. The standard InChI is InChI=1S/C9H17NOS/c1-3-8(12)9(11)10-7-4-6(2)5-7/h6-8,12H,3-5H2,1-2H3,(H,10,11). The lowest BCUT2D eigenvalue weighted by molar-refractivity contribution is -0.122. The number of hydrogen-bond acceptors (Lipinski definition) is 2. The Kier molecular flexibility index (Phi) is 3.44. The van der Waals surface area contributed by atoms with Crippen LogP contribution in [0.15, 0.2) is 0 Å². The Labute approximate surface area is 79.5 Å². The Morgan fingerprint density at radius 2 is 2.25 bits per heavy atom. The van der Waals surface area contributed by atoms with Crippen molar-refractivity contribution in [2.75, 3.05) is 0 Å². The highest BCUT2D eigenvalue weighted by atomic mass is 32.1. The summed E-state index contributed by atoms with van der Waals surface area (Å²) in [7, 11) is 0. The summed E-state index contributed by atoms with van der Waals surface area (Å²) in [4.78, 5) is 11.3. The van der Waals surface area contributed by atoms with Crippen LogP contribution >= 0.6 is 12.6 Å². The van der Waals surface area contributed by atoms with Crippen molar-refractivity contribution in [3.63, 3.8) is 0 Å². The molecule has 12 heavy (non-hydrogen) atoms. The van der Waals surface area contributed by atoms with Crippen molar-refractivity contribution in [2.45, 2.75) is 44.4 Å². The number of carbonyl (C=O) groups is 1. The molecule has 1 unspecified atom stereocenters. The zero-order valence-corrected chi connectivity index (χ0v) is 8.60. The van der Waals surface area contributed by atoms with E-state index in [4.69, 9.17) is 0 Å². The van der Waals surface area contributed by atoms with Crippen LogP contribution in [-0.2, 0) is 4.79 Å². The first kappa shape index (κ1) is 9.90. The predicted molar refractivity (Wildman–Crippen MR) is 53.4 cm³/mol. The molecule has 0 bridgehead atoms. The van der Waals surface area contributed by atoms with Crippen LogP contribution in [0.2, 0.25) is 0 Å². The quantitative estimate of drug-likeness (QED) is 0.646. The lowest BCUT2D eigenvalue weighted by Crippen LogP contribution is -2.46. The first-order valence-electron chi connectivity index (χ1n) is 4.62. The van der Waals surface area contributed by atoms with Gasteiger partial charge in [-0.25, -0.2) is 0 Å². The molecule has 0 aromatic rings. The summed E-state index contributed by atoms with van der Waals surface area (Å²) < 4.78 is 0. The maximum atomic E-state index is 11.3. The molecule has 1 saturated carbocycles. The summed E-state index contributed by atoms with van der Waals surface area (Å²) in [5.41, 5.74) is 0. The molecule has 0 radical (unpaired) electrons. The lowest BCUT2D eigenvalue weighted by Gasteiger charge is -2.33. The van der Waals surface area contributed by atoms with Crippen molar-refractivity contribution in [2.24, 2.45) is 5.92 Å². The average Bonchev–Trinajstić information content (AvgIpc) is 2.00. The van der Waals surface area contributed by atoms with Crippen LogP contribution in [0.1, 0.15) is 33.1 Å². The van der Waals surface area contributed by atoms with Crippen molar-refractivity contribution >= 4 is 18.5 Å². The van der Waals surface area contributed by atoms with E-state index in [9.17, 15) is 4.79 Å². The second-order valence-corrected chi connectivity index (χ2v) is 4.33. The Morgan fingerprint density at radius 3 is 2.67 bits per heavy atom. The third-order valence-corrected chi connectivity index (χ3v) is 3.01. The van der Waals surface area contributed by atoms with E-state index in [0.717, 1.165) is 25.2 Å². The molecule has 70 valence electrons. The van der Waals surface area contributed by atoms with Gasteiger partial charge in [0.2, 0.25) is 5.91 Å². The molecule has 0 aromatic carbocycles. The van der Waals surface area contributed by atoms with Gasteiger partial charge in [-0.3, -0.25) is 4.79 Å². The van der Waals surface area contributed by atoms with E-state index >= 15 is 0 Å². The maximum Gasteiger partial charge on any atom is 0.233 e. The van der Waals surface area contributed by atoms with Crippen LogP contribution in [-0.4, -0.2) is 17.2 Å². The number of hydrogen-bond donors (Lipinski definition) is 2. The summed E-state index contributed by atoms with van der Waals surface area (Å²) >= 11 is 4.17. The number of nitrogens with one attached hydrogen (secondary N) is 1. The van der Waals surface area contributed by atoms with Crippen LogP contribution in [0.25, 0.3) is 0 Å². The van der Waals surface area contributed by atoms with Gasteiger partial charge in [-0.05, 0) is 25.2 Å². The summed E-state index contributed by atoms with van der Waals surface area (Å²) in [5, 5.41) is 2.86. The number of thiol groups is 1. The van der Waals surface area contributed by atoms with E-state index < -0.39 is 0 Å². The van der Waals surface area contributed by atoms with Gasteiger partial charge in [-0.2, -0.15) is 12.6 Å². The molecule has 3 heteroatoms. The average molecular weight is 187 g/mol. The van der Waals surface area contributed by atoms with Gasteiger partial charge >= 0.3 is 0 Å². The molecule has 0 saturated heterocycles. The van der Waals surface area contributed by atoms with Gasteiger partial charge in [0, 0.05) is 6.04 Å². The maximum absolute atomic E-state index is 11.3. The van der Waals surface area contributed by atoms with E-state index in [-0.39, 0.29) is 11.2 Å². The van der Waals surface area contributed by atoms with Crippen molar-refractivity contribution in [3.8, 4) is 0 Å². The summed E-state index contributed by atoms with van der Waals surface area (Å²) in [6.45, 7) is 4.18.